The van der Waals surface area contributed by atoms with Crippen LogP contribution in [0.25, 0.3) is 0 Å². The first kappa shape index (κ1) is 14.2. The molecule has 0 aromatic carbocycles. The van der Waals surface area contributed by atoms with E-state index in [2.05, 4.69) is 11.8 Å². The summed E-state index contributed by atoms with van der Waals surface area (Å²) in [4.78, 5) is 2.42. The van der Waals surface area contributed by atoms with E-state index in [4.69, 9.17) is 10.5 Å². The second-order valence-corrected chi connectivity index (χ2v) is 7.71. The maximum absolute atomic E-state index is 11.6. The zero-order valence-electron chi connectivity index (χ0n) is 11.1. The maximum Gasteiger partial charge on any atom is 0.150 e. The van der Waals surface area contributed by atoms with E-state index in [0.29, 0.717) is 25.4 Å². The highest BCUT2D eigenvalue weighted by atomic mass is 32.2. The molecule has 2 fully saturated rings. The number of rotatable bonds is 3. The van der Waals surface area contributed by atoms with E-state index in [1.54, 1.807) is 0 Å². The Morgan fingerprint density at radius 1 is 1.39 bits per heavy atom. The van der Waals surface area contributed by atoms with Gasteiger partial charge in [-0.15, -0.1) is 0 Å². The van der Waals surface area contributed by atoms with Crippen molar-refractivity contribution < 1.29 is 13.2 Å². The van der Waals surface area contributed by atoms with Crippen LogP contribution >= 0.6 is 0 Å². The van der Waals surface area contributed by atoms with Crippen LogP contribution in [-0.4, -0.2) is 62.7 Å². The highest BCUT2D eigenvalue weighted by molar-refractivity contribution is 7.91. The van der Waals surface area contributed by atoms with Crippen molar-refractivity contribution in [2.24, 2.45) is 5.73 Å². The van der Waals surface area contributed by atoms with Crippen molar-refractivity contribution in [3.05, 3.63) is 0 Å². The lowest BCUT2D eigenvalue weighted by Crippen LogP contribution is -2.63. The summed E-state index contributed by atoms with van der Waals surface area (Å²) in [5.41, 5.74) is 5.87. The predicted octanol–water partition coefficient (Wildman–Crippen LogP) is 0.00330. The van der Waals surface area contributed by atoms with Gasteiger partial charge in [0.05, 0.1) is 24.7 Å². The van der Waals surface area contributed by atoms with E-state index in [1.807, 2.05) is 0 Å². The topological polar surface area (TPSA) is 72.6 Å². The summed E-state index contributed by atoms with van der Waals surface area (Å²) in [5.74, 6) is 0.552. The largest absolute Gasteiger partial charge is 0.378 e. The minimum atomic E-state index is -2.84. The van der Waals surface area contributed by atoms with Crippen LogP contribution in [0.1, 0.15) is 26.2 Å². The number of ether oxygens (including phenoxy) is 1. The molecule has 2 rings (SSSR count). The molecule has 5 nitrogen and oxygen atoms in total. The van der Waals surface area contributed by atoms with Crippen molar-refractivity contribution >= 4 is 9.84 Å². The lowest BCUT2D eigenvalue weighted by Gasteiger charge is -2.51. The smallest absolute Gasteiger partial charge is 0.150 e. The fraction of sp³-hybridized carbons (Fsp3) is 1.00. The molecule has 0 bridgehead atoms. The van der Waals surface area contributed by atoms with Crippen LogP contribution in [0.2, 0.25) is 0 Å². The van der Waals surface area contributed by atoms with Gasteiger partial charge in [-0.25, -0.2) is 8.42 Å². The summed E-state index contributed by atoms with van der Waals surface area (Å²) in [5, 5.41) is 0. The second kappa shape index (κ2) is 5.45. The second-order valence-electron chi connectivity index (χ2n) is 5.41. The average Bonchev–Trinajstić information content (AvgIpc) is 2.40. The molecule has 2 N–H and O–H groups in total. The summed E-state index contributed by atoms with van der Waals surface area (Å²) in [6.07, 6.45) is 2.36. The first-order valence-corrected chi connectivity index (χ1v) is 8.60. The molecule has 2 saturated heterocycles. The van der Waals surface area contributed by atoms with Crippen molar-refractivity contribution in [3.63, 3.8) is 0 Å². The standard InChI is InChI=1S/C12H24N2O3S/c1-2-11-9-17-6-5-14(11)12(10-13)3-7-18(15,16)8-4-12/h11H,2-10,13H2,1H3. The summed E-state index contributed by atoms with van der Waals surface area (Å²) < 4.78 is 28.7. The van der Waals surface area contributed by atoms with Crippen molar-refractivity contribution in [3.8, 4) is 0 Å². The van der Waals surface area contributed by atoms with Gasteiger partial charge in [0.25, 0.3) is 0 Å². The monoisotopic (exact) mass is 276 g/mol. The van der Waals surface area contributed by atoms with Crippen LogP contribution in [0.5, 0.6) is 0 Å². The molecular formula is C12H24N2O3S. The molecule has 106 valence electrons. The van der Waals surface area contributed by atoms with Gasteiger partial charge in [-0.1, -0.05) is 6.92 Å². The first-order valence-electron chi connectivity index (χ1n) is 6.78. The minimum absolute atomic E-state index is 0.129. The van der Waals surface area contributed by atoms with E-state index >= 15 is 0 Å². The van der Waals surface area contributed by atoms with Gasteiger partial charge in [0.1, 0.15) is 9.84 Å². The lowest BCUT2D eigenvalue weighted by molar-refractivity contribution is -0.0672. The van der Waals surface area contributed by atoms with Crippen LogP contribution in [0.3, 0.4) is 0 Å². The van der Waals surface area contributed by atoms with Gasteiger partial charge in [-0.2, -0.15) is 0 Å². The molecule has 2 heterocycles. The van der Waals surface area contributed by atoms with Crippen LogP contribution in [0.4, 0.5) is 0 Å². The highest BCUT2D eigenvalue weighted by Gasteiger charge is 2.44. The Morgan fingerprint density at radius 2 is 2.06 bits per heavy atom. The van der Waals surface area contributed by atoms with Crippen LogP contribution in [0.15, 0.2) is 0 Å². The summed E-state index contributed by atoms with van der Waals surface area (Å²) in [7, 11) is -2.84. The van der Waals surface area contributed by atoms with E-state index < -0.39 is 9.84 Å². The SMILES string of the molecule is CCC1COCCN1C1(CN)CCS(=O)(=O)CC1. The molecule has 18 heavy (non-hydrogen) atoms. The third-order valence-corrected chi connectivity index (χ3v) is 6.10. The minimum Gasteiger partial charge on any atom is -0.378 e. The summed E-state index contributed by atoms with van der Waals surface area (Å²) >= 11 is 0. The van der Waals surface area contributed by atoms with Crippen molar-refractivity contribution in [2.45, 2.75) is 37.8 Å². The van der Waals surface area contributed by atoms with Gasteiger partial charge in [0, 0.05) is 24.7 Å². The molecular weight excluding hydrogens is 252 g/mol. The molecule has 0 radical (unpaired) electrons. The van der Waals surface area contributed by atoms with Gasteiger partial charge in [-0.3, -0.25) is 4.90 Å². The Hall–Kier alpha value is -0.170. The van der Waals surface area contributed by atoms with Gasteiger partial charge in [-0.05, 0) is 19.3 Å². The normalized spacial score (nSPS) is 32.2. The number of nitrogens with two attached hydrogens (primary N) is 1. The molecule has 1 atom stereocenters. The van der Waals surface area contributed by atoms with Crippen LogP contribution in [-0.2, 0) is 14.6 Å². The quantitative estimate of drug-likeness (QED) is 0.786. The Bertz CT molecular complexity index is 369. The van der Waals surface area contributed by atoms with E-state index in [0.717, 1.165) is 26.2 Å². The molecule has 0 amide bonds. The molecule has 2 aliphatic heterocycles. The molecule has 0 aromatic heterocycles. The Balaban J connectivity index is 2.16. The van der Waals surface area contributed by atoms with E-state index in [-0.39, 0.29) is 17.0 Å². The summed E-state index contributed by atoms with van der Waals surface area (Å²) in [6.45, 7) is 5.03. The molecule has 0 spiro atoms. The predicted molar refractivity (Wildman–Crippen MR) is 71.3 cm³/mol. The zero-order chi connectivity index (χ0) is 13.2. The average molecular weight is 276 g/mol. The molecule has 0 saturated carbocycles. The van der Waals surface area contributed by atoms with Crippen LogP contribution in [0, 0.1) is 0 Å². The van der Waals surface area contributed by atoms with Crippen molar-refractivity contribution in [1.29, 1.82) is 0 Å². The molecule has 0 aliphatic carbocycles. The van der Waals surface area contributed by atoms with Crippen LogP contribution < -0.4 is 5.73 Å². The third-order valence-electron chi connectivity index (χ3n) is 4.44. The van der Waals surface area contributed by atoms with Crippen molar-refractivity contribution in [1.82, 2.24) is 4.90 Å². The van der Waals surface area contributed by atoms with Crippen molar-refractivity contribution in [2.75, 3.05) is 37.8 Å². The highest BCUT2D eigenvalue weighted by Crippen LogP contribution is 2.32. The lowest BCUT2D eigenvalue weighted by atomic mass is 9.87. The third kappa shape index (κ3) is 2.71. The Labute approximate surface area is 110 Å². The van der Waals surface area contributed by atoms with E-state index in [1.165, 1.54) is 0 Å². The molecule has 2 aliphatic rings. The summed E-state index contributed by atoms with van der Waals surface area (Å²) in [6, 6.07) is 0.378. The maximum atomic E-state index is 11.6. The fourth-order valence-corrected chi connectivity index (χ4v) is 4.73. The number of sulfone groups is 1. The zero-order valence-corrected chi connectivity index (χ0v) is 11.9. The first-order chi connectivity index (χ1) is 8.53. The molecule has 0 aromatic rings. The van der Waals surface area contributed by atoms with E-state index in [9.17, 15) is 8.42 Å². The number of hydrogen-bond acceptors (Lipinski definition) is 5. The Kier molecular flexibility index (Phi) is 4.31. The van der Waals surface area contributed by atoms with Gasteiger partial charge >= 0.3 is 0 Å². The number of hydrogen-bond donors (Lipinski definition) is 1. The molecule has 6 heteroatoms. The Morgan fingerprint density at radius 3 is 2.61 bits per heavy atom. The molecule has 1 unspecified atom stereocenters. The number of morpholine rings is 1. The van der Waals surface area contributed by atoms with Gasteiger partial charge in [0.15, 0.2) is 0 Å². The fourth-order valence-electron chi connectivity index (χ4n) is 3.14. The van der Waals surface area contributed by atoms with Gasteiger partial charge < -0.3 is 10.5 Å². The number of nitrogens with zero attached hydrogens (tertiary/aromatic N) is 1. The van der Waals surface area contributed by atoms with Gasteiger partial charge in [0.2, 0.25) is 0 Å².